The van der Waals surface area contributed by atoms with E-state index < -0.39 is 0 Å². The first-order valence-corrected chi connectivity index (χ1v) is 8.36. The Kier molecular flexibility index (Phi) is 6.88. The Balaban J connectivity index is 1.80. The molecule has 21 heavy (non-hydrogen) atoms. The zero-order valence-electron chi connectivity index (χ0n) is 12.1. The molecule has 5 nitrogen and oxygen atoms in total. The largest absolute Gasteiger partial charge is 0.395 e. The second-order valence-corrected chi connectivity index (χ2v) is 6.50. The Morgan fingerprint density at radius 3 is 2.76 bits per heavy atom. The lowest BCUT2D eigenvalue weighted by Crippen LogP contribution is -2.36. The lowest BCUT2D eigenvalue weighted by molar-refractivity contribution is -0.117. The number of carbonyl (C=O) groups excluding carboxylic acids is 1. The highest BCUT2D eigenvalue weighted by atomic mass is 127. The van der Waals surface area contributed by atoms with E-state index >= 15 is 0 Å². The second-order valence-electron chi connectivity index (χ2n) is 5.25. The molecule has 1 saturated heterocycles. The van der Waals surface area contributed by atoms with E-state index in [1.54, 1.807) is 0 Å². The lowest BCUT2D eigenvalue weighted by Gasteiger charge is -2.20. The molecule has 1 amide bonds. The highest BCUT2D eigenvalue weighted by Gasteiger charge is 2.16. The minimum Gasteiger partial charge on any atom is -0.395 e. The monoisotopic (exact) mass is 403 g/mol. The Hall–Kier alpha value is -0.700. The molecule has 0 radical (unpaired) electrons. The summed E-state index contributed by atoms with van der Waals surface area (Å²) in [6.07, 6.45) is 1.04. The van der Waals surface area contributed by atoms with Gasteiger partial charge in [-0.3, -0.25) is 14.6 Å². The van der Waals surface area contributed by atoms with Gasteiger partial charge in [-0.25, -0.2) is 0 Å². The molecule has 6 heteroatoms. The van der Waals surface area contributed by atoms with Crippen LogP contribution in [-0.2, 0) is 4.79 Å². The molecule has 2 rings (SSSR count). The van der Waals surface area contributed by atoms with Gasteiger partial charge in [0.1, 0.15) is 0 Å². The van der Waals surface area contributed by atoms with Crippen molar-refractivity contribution in [1.29, 1.82) is 0 Å². The Morgan fingerprint density at radius 2 is 2.00 bits per heavy atom. The van der Waals surface area contributed by atoms with Gasteiger partial charge in [-0.2, -0.15) is 0 Å². The van der Waals surface area contributed by atoms with Gasteiger partial charge in [0.05, 0.1) is 13.2 Å². The van der Waals surface area contributed by atoms with Crippen LogP contribution in [0.1, 0.15) is 6.42 Å². The number of nitrogens with zero attached hydrogens (tertiary/aromatic N) is 2. The minimum atomic E-state index is 0.0348. The summed E-state index contributed by atoms with van der Waals surface area (Å²) in [5.74, 6) is 0.0348. The summed E-state index contributed by atoms with van der Waals surface area (Å²) in [6.45, 7) is 5.07. The third-order valence-electron chi connectivity index (χ3n) is 3.57. The molecule has 0 spiro atoms. The van der Waals surface area contributed by atoms with Crippen molar-refractivity contribution >= 4 is 34.2 Å². The van der Waals surface area contributed by atoms with Crippen LogP contribution in [0, 0.1) is 3.57 Å². The topological polar surface area (TPSA) is 55.8 Å². The van der Waals surface area contributed by atoms with Crippen LogP contribution in [0.5, 0.6) is 0 Å². The third-order valence-corrected chi connectivity index (χ3v) is 4.24. The first kappa shape index (κ1) is 16.7. The molecular weight excluding hydrogens is 381 g/mol. The first-order valence-electron chi connectivity index (χ1n) is 7.28. The van der Waals surface area contributed by atoms with E-state index in [0.717, 1.165) is 48.4 Å². The number of benzene rings is 1. The van der Waals surface area contributed by atoms with E-state index in [0.29, 0.717) is 6.54 Å². The van der Waals surface area contributed by atoms with Gasteiger partial charge in [0.25, 0.3) is 0 Å². The van der Waals surface area contributed by atoms with Crippen LogP contribution in [0.2, 0.25) is 0 Å². The Morgan fingerprint density at radius 1 is 1.24 bits per heavy atom. The number of β-amino-alcohol motifs (C(OH)–C–C–N with tert-alkyl or cyclic N) is 1. The Labute approximate surface area is 139 Å². The van der Waals surface area contributed by atoms with Crippen molar-refractivity contribution in [3.63, 3.8) is 0 Å². The summed E-state index contributed by atoms with van der Waals surface area (Å²) in [7, 11) is 0. The van der Waals surface area contributed by atoms with E-state index in [1.165, 1.54) is 0 Å². The van der Waals surface area contributed by atoms with Crippen molar-refractivity contribution in [3.05, 3.63) is 27.8 Å². The predicted molar refractivity (Wildman–Crippen MR) is 92.4 cm³/mol. The van der Waals surface area contributed by atoms with Gasteiger partial charge in [-0.1, -0.05) is 6.07 Å². The van der Waals surface area contributed by atoms with Crippen LogP contribution in [0.3, 0.4) is 0 Å². The standard InChI is InChI=1S/C15H22IN3O2/c16-13-3-1-4-14(11-13)17-15(21)12-19-6-2-5-18(7-8-19)9-10-20/h1,3-4,11,20H,2,5-10,12H2,(H,17,21). The summed E-state index contributed by atoms with van der Waals surface area (Å²) in [5.41, 5.74) is 0.851. The van der Waals surface area contributed by atoms with Crippen molar-refractivity contribution in [2.24, 2.45) is 0 Å². The maximum atomic E-state index is 12.1. The number of rotatable bonds is 5. The fourth-order valence-corrected chi connectivity index (χ4v) is 3.06. The number of hydrogen-bond acceptors (Lipinski definition) is 4. The molecule has 116 valence electrons. The maximum absolute atomic E-state index is 12.1. The number of aliphatic hydroxyl groups excluding tert-OH is 1. The van der Waals surface area contributed by atoms with Crippen molar-refractivity contribution in [1.82, 2.24) is 9.80 Å². The maximum Gasteiger partial charge on any atom is 0.238 e. The van der Waals surface area contributed by atoms with Crippen LogP contribution in [-0.4, -0.2) is 66.7 Å². The SMILES string of the molecule is O=C(CN1CCCN(CCO)CC1)Nc1cccc(I)c1. The zero-order chi connectivity index (χ0) is 15.1. The fourth-order valence-electron chi connectivity index (χ4n) is 2.52. The molecule has 0 bridgehead atoms. The van der Waals surface area contributed by atoms with Crippen molar-refractivity contribution in [3.8, 4) is 0 Å². The molecule has 2 N–H and O–H groups in total. The molecule has 1 aliphatic heterocycles. The molecular formula is C15H22IN3O2. The number of halogens is 1. The number of anilines is 1. The van der Waals surface area contributed by atoms with Gasteiger partial charge >= 0.3 is 0 Å². The van der Waals surface area contributed by atoms with Gasteiger partial charge < -0.3 is 10.4 Å². The van der Waals surface area contributed by atoms with Crippen molar-refractivity contribution in [2.45, 2.75) is 6.42 Å². The van der Waals surface area contributed by atoms with E-state index in [9.17, 15) is 4.79 Å². The summed E-state index contributed by atoms with van der Waals surface area (Å²) in [6, 6.07) is 7.81. The molecule has 0 aromatic heterocycles. The number of nitrogens with one attached hydrogen (secondary N) is 1. The van der Waals surface area contributed by atoms with E-state index in [4.69, 9.17) is 5.11 Å². The molecule has 0 saturated carbocycles. The Bertz CT molecular complexity index is 470. The number of amides is 1. The number of aliphatic hydroxyl groups is 1. The van der Waals surface area contributed by atoms with Crippen LogP contribution in [0.4, 0.5) is 5.69 Å². The van der Waals surface area contributed by atoms with Crippen LogP contribution < -0.4 is 5.32 Å². The van der Waals surface area contributed by atoms with Gasteiger partial charge in [-0.15, -0.1) is 0 Å². The average Bonchev–Trinajstić information content (AvgIpc) is 2.65. The van der Waals surface area contributed by atoms with E-state index in [-0.39, 0.29) is 12.5 Å². The van der Waals surface area contributed by atoms with Gasteiger partial charge in [0, 0.05) is 28.9 Å². The summed E-state index contributed by atoms with van der Waals surface area (Å²) in [4.78, 5) is 16.5. The number of hydrogen-bond donors (Lipinski definition) is 2. The van der Waals surface area contributed by atoms with Gasteiger partial charge in [0.2, 0.25) is 5.91 Å². The van der Waals surface area contributed by atoms with Crippen molar-refractivity contribution < 1.29 is 9.90 Å². The normalized spacial score (nSPS) is 17.4. The summed E-state index contributed by atoms with van der Waals surface area (Å²) in [5, 5.41) is 11.9. The predicted octanol–water partition coefficient (Wildman–Crippen LogP) is 1.23. The highest BCUT2D eigenvalue weighted by molar-refractivity contribution is 14.1. The van der Waals surface area contributed by atoms with Crippen LogP contribution in [0.25, 0.3) is 0 Å². The highest BCUT2D eigenvalue weighted by Crippen LogP contribution is 2.12. The molecule has 0 unspecified atom stereocenters. The fraction of sp³-hybridized carbons (Fsp3) is 0.533. The van der Waals surface area contributed by atoms with Gasteiger partial charge in [0.15, 0.2) is 0 Å². The van der Waals surface area contributed by atoms with Crippen LogP contribution in [0.15, 0.2) is 24.3 Å². The molecule has 0 aliphatic carbocycles. The first-order chi connectivity index (χ1) is 10.2. The summed E-state index contributed by atoms with van der Waals surface area (Å²) < 4.78 is 1.11. The van der Waals surface area contributed by atoms with Gasteiger partial charge in [-0.05, 0) is 60.3 Å². The number of carbonyl (C=O) groups is 1. The van der Waals surface area contributed by atoms with Crippen LogP contribution >= 0.6 is 22.6 Å². The molecule has 1 aromatic carbocycles. The molecule has 1 aromatic rings. The molecule has 1 heterocycles. The second kappa shape index (κ2) is 8.67. The molecule has 1 fully saturated rings. The summed E-state index contributed by atoms with van der Waals surface area (Å²) >= 11 is 2.23. The third kappa shape index (κ3) is 5.90. The zero-order valence-corrected chi connectivity index (χ0v) is 14.3. The molecule has 0 atom stereocenters. The minimum absolute atomic E-state index is 0.0348. The lowest BCUT2D eigenvalue weighted by atomic mass is 10.3. The smallest absolute Gasteiger partial charge is 0.238 e. The average molecular weight is 403 g/mol. The van der Waals surface area contributed by atoms with E-state index in [2.05, 4.69) is 37.7 Å². The molecule has 1 aliphatic rings. The van der Waals surface area contributed by atoms with Crippen molar-refractivity contribution in [2.75, 3.05) is 51.2 Å². The quantitative estimate of drug-likeness (QED) is 0.727. The van der Waals surface area contributed by atoms with E-state index in [1.807, 2.05) is 24.3 Å².